The van der Waals surface area contributed by atoms with Crippen LogP contribution < -0.4 is 10.1 Å². The molecule has 1 aliphatic rings. The number of carbonyl (C=O) groups is 1. The molecule has 0 radical (unpaired) electrons. The standard InChI is InChI=1S/C14H17Cl2NO3/c15-12-2-1-11(7-13(12)16)20-9-14(18)17-5-3-10-4-6-19-8-10/h1-2,7,10H,3-6,8-9H2,(H,17,18). The van der Waals surface area contributed by atoms with Crippen molar-refractivity contribution in [2.45, 2.75) is 12.8 Å². The number of hydrogen-bond donors (Lipinski definition) is 1. The molecular weight excluding hydrogens is 301 g/mol. The third kappa shape index (κ3) is 4.85. The van der Waals surface area contributed by atoms with Crippen LogP contribution in [0.1, 0.15) is 12.8 Å². The minimum Gasteiger partial charge on any atom is -0.484 e. The van der Waals surface area contributed by atoms with Crippen molar-refractivity contribution < 1.29 is 14.3 Å². The first-order valence-corrected chi connectivity index (χ1v) is 7.33. The zero-order valence-electron chi connectivity index (χ0n) is 11.0. The highest BCUT2D eigenvalue weighted by Crippen LogP contribution is 2.26. The summed E-state index contributed by atoms with van der Waals surface area (Å²) < 4.78 is 10.6. The SMILES string of the molecule is O=C(COc1ccc(Cl)c(Cl)c1)NCCC1CCOC1. The van der Waals surface area contributed by atoms with E-state index in [0.717, 1.165) is 26.1 Å². The molecule has 1 N–H and O–H groups in total. The highest BCUT2D eigenvalue weighted by molar-refractivity contribution is 6.42. The predicted octanol–water partition coefficient (Wildman–Crippen LogP) is 2.92. The van der Waals surface area contributed by atoms with Gasteiger partial charge in [0.05, 0.1) is 10.0 Å². The van der Waals surface area contributed by atoms with E-state index in [4.69, 9.17) is 32.7 Å². The molecule has 1 aromatic rings. The number of rotatable bonds is 6. The topological polar surface area (TPSA) is 47.6 Å². The van der Waals surface area contributed by atoms with Crippen molar-refractivity contribution in [1.82, 2.24) is 5.32 Å². The quantitative estimate of drug-likeness (QED) is 0.877. The Kier molecular flexibility index (Phi) is 5.95. The summed E-state index contributed by atoms with van der Waals surface area (Å²) in [7, 11) is 0. The summed E-state index contributed by atoms with van der Waals surface area (Å²) in [6.45, 7) is 2.26. The highest BCUT2D eigenvalue weighted by Gasteiger charge is 2.15. The Morgan fingerprint density at radius 1 is 1.40 bits per heavy atom. The smallest absolute Gasteiger partial charge is 0.257 e. The van der Waals surface area contributed by atoms with E-state index < -0.39 is 0 Å². The van der Waals surface area contributed by atoms with E-state index in [-0.39, 0.29) is 12.5 Å². The lowest BCUT2D eigenvalue weighted by Gasteiger charge is -2.10. The van der Waals surface area contributed by atoms with Gasteiger partial charge < -0.3 is 14.8 Å². The molecule has 2 rings (SSSR count). The van der Waals surface area contributed by atoms with Gasteiger partial charge in [-0.15, -0.1) is 0 Å². The maximum absolute atomic E-state index is 11.6. The Balaban J connectivity index is 1.65. The van der Waals surface area contributed by atoms with Crippen molar-refractivity contribution in [3.8, 4) is 5.75 Å². The van der Waals surface area contributed by atoms with E-state index in [1.54, 1.807) is 18.2 Å². The van der Waals surface area contributed by atoms with Crippen molar-refractivity contribution in [2.75, 3.05) is 26.4 Å². The molecule has 1 unspecified atom stereocenters. The second-order valence-electron chi connectivity index (χ2n) is 4.73. The monoisotopic (exact) mass is 317 g/mol. The molecule has 0 aliphatic carbocycles. The van der Waals surface area contributed by atoms with Gasteiger partial charge in [0, 0.05) is 25.8 Å². The molecule has 0 saturated carbocycles. The molecule has 6 heteroatoms. The number of ether oxygens (including phenoxy) is 2. The third-order valence-corrected chi connectivity index (χ3v) is 3.90. The fourth-order valence-electron chi connectivity index (χ4n) is 1.99. The third-order valence-electron chi connectivity index (χ3n) is 3.16. The Morgan fingerprint density at radius 3 is 2.95 bits per heavy atom. The van der Waals surface area contributed by atoms with Crippen LogP contribution in [0.5, 0.6) is 5.75 Å². The van der Waals surface area contributed by atoms with Crippen LogP contribution >= 0.6 is 23.2 Å². The number of amides is 1. The van der Waals surface area contributed by atoms with Gasteiger partial charge in [0.25, 0.3) is 5.91 Å². The van der Waals surface area contributed by atoms with Crippen molar-refractivity contribution >= 4 is 29.1 Å². The largest absolute Gasteiger partial charge is 0.484 e. The van der Waals surface area contributed by atoms with E-state index >= 15 is 0 Å². The first kappa shape index (κ1) is 15.4. The van der Waals surface area contributed by atoms with Crippen LogP contribution in [-0.4, -0.2) is 32.3 Å². The predicted molar refractivity (Wildman–Crippen MR) is 78.5 cm³/mol. The van der Waals surface area contributed by atoms with Crippen LogP contribution in [0.2, 0.25) is 10.0 Å². The minimum absolute atomic E-state index is 0.0286. The zero-order valence-corrected chi connectivity index (χ0v) is 12.5. The number of nitrogens with one attached hydrogen (secondary N) is 1. The zero-order chi connectivity index (χ0) is 14.4. The van der Waals surface area contributed by atoms with Crippen LogP contribution in [0.3, 0.4) is 0 Å². The Hall–Kier alpha value is -0.970. The first-order valence-electron chi connectivity index (χ1n) is 6.57. The summed E-state index contributed by atoms with van der Waals surface area (Å²) in [6, 6.07) is 4.90. The van der Waals surface area contributed by atoms with Gasteiger partial charge >= 0.3 is 0 Å². The van der Waals surface area contributed by atoms with E-state index in [9.17, 15) is 4.79 Å². The number of halogens is 2. The van der Waals surface area contributed by atoms with Gasteiger partial charge in [-0.2, -0.15) is 0 Å². The first-order chi connectivity index (χ1) is 9.65. The molecule has 4 nitrogen and oxygen atoms in total. The average molecular weight is 318 g/mol. The molecule has 1 aromatic carbocycles. The normalized spacial score (nSPS) is 18.0. The average Bonchev–Trinajstić information content (AvgIpc) is 2.93. The highest BCUT2D eigenvalue weighted by atomic mass is 35.5. The maximum Gasteiger partial charge on any atom is 0.257 e. The number of carbonyl (C=O) groups excluding carboxylic acids is 1. The molecule has 110 valence electrons. The van der Waals surface area contributed by atoms with E-state index in [1.807, 2.05) is 0 Å². The van der Waals surface area contributed by atoms with Gasteiger partial charge in [-0.05, 0) is 30.9 Å². The summed E-state index contributed by atoms with van der Waals surface area (Å²) in [5, 5.41) is 3.70. The van der Waals surface area contributed by atoms with Gasteiger partial charge in [-0.3, -0.25) is 4.79 Å². The molecule has 1 heterocycles. The lowest BCUT2D eigenvalue weighted by molar-refractivity contribution is -0.123. The molecule has 0 aromatic heterocycles. The van der Waals surface area contributed by atoms with Crippen molar-refractivity contribution in [1.29, 1.82) is 0 Å². The minimum atomic E-state index is -0.144. The molecule has 1 amide bonds. The second-order valence-corrected chi connectivity index (χ2v) is 5.55. The summed E-state index contributed by atoms with van der Waals surface area (Å²) in [5.41, 5.74) is 0. The molecule has 1 atom stereocenters. The van der Waals surface area contributed by atoms with Crippen LogP contribution in [0.25, 0.3) is 0 Å². The van der Waals surface area contributed by atoms with Gasteiger partial charge in [-0.1, -0.05) is 23.2 Å². The van der Waals surface area contributed by atoms with Crippen molar-refractivity contribution in [3.63, 3.8) is 0 Å². The Bertz CT molecular complexity index is 462. The van der Waals surface area contributed by atoms with Crippen LogP contribution in [0, 0.1) is 5.92 Å². The summed E-state index contributed by atoms with van der Waals surface area (Å²) in [5.74, 6) is 0.944. The summed E-state index contributed by atoms with van der Waals surface area (Å²) >= 11 is 11.7. The molecule has 1 fully saturated rings. The molecule has 1 saturated heterocycles. The van der Waals surface area contributed by atoms with Crippen molar-refractivity contribution in [2.24, 2.45) is 5.92 Å². The number of benzene rings is 1. The number of hydrogen-bond acceptors (Lipinski definition) is 3. The fraction of sp³-hybridized carbons (Fsp3) is 0.500. The van der Waals surface area contributed by atoms with E-state index in [0.29, 0.717) is 28.3 Å². The second kappa shape index (κ2) is 7.72. The molecule has 0 bridgehead atoms. The maximum atomic E-state index is 11.6. The fourth-order valence-corrected chi connectivity index (χ4v) is 2.28. The Labute approximate surface area is 128 Å². The van der Waals surface area contributed by atoms with Crippen molar-refractivity contribution in [3.05, 3.63) is 28.2 Å². The lowest BCUT2D eigenvalue weighted by atomic mass is 10.1. The molecular formula is C14H17Cl2NO3. The van der Waals surface area contributed by atoms with Gasteiger partial charge in [-0.25, -0.2) is 0 Å². The van der Waals surface area contributed by atoms with E-state index in [2.05, 4.69) is 5.32 Å². The summed E-state index contributed by atoms with van der Waals surface area (Å²) in [4.78, 5) is 11.6. The van der Waals surface area contributed by atoms with E-state index in [1.165, 1.54) is 0 Å². The van der Waals surface area contributed by atoms with Crippen LogP contribution in [-0.2, 0) is 9.53 Å². The lowest BCUT2D eigenvalue weighted by Crippen LogP contribution is -2.30. The van der Waals surface area contributed by atoms with Gasteiger partial charge in [0.15, 0.2) is 6.61 Å². The summed E-state index contributed by atoms with van der Waals surface area (Å²) in [6.07, 6.45) is 2.02. The molecule has 20 heavy (non-hydrogen) atoms. The molecule has 0 spiro atoms. The Morgan fingerprint density at radius 2 is 2.25 bits per heavy atom. The molecule has 1 aliphatic heterocycles. The van der Waals surface area contributed by atoms with Gasteiger partial charge in [0.1, 0.15) is 5.75 Å². The van der Waals surface area contributed by atoms with Gasteiger partial charge in [0.2, 0.25) is 0 Å². The van der Waals surface area contributed by atoms with Crippen LogP contribution in [0.4, 0.5) is 0 Å². The van der Waals surface area contributed by atoms with Crippen LogP contribution in [0.15, 0.2) is 18.2 Å².